The molecular weight excluding hydrogens is 301 g/mol. The SMILES string of the molecule is CCOC(=O)Cc1cc(=O)[nH]c([N+](=O)[O-])c1OC(F)(F)F. The lowest BCUT2D eigenvalue weighted by molar-refractivity contribution is -0.393. The number of H-pyrrole nitrogens is 1. The number of nitrogens with one attached hydrogen (secondary N) is 1. The highest BCUT2D eigenvalue weighted by molar-refractivity contribution is 5.74. The third-order valence-electron chi connectivity index (χ3n) is 2.09. The minimum absolute atomic E-state index is 0.0421. The van der Waals surface area contributed by atoms with Gasteiger partial charge in [-0.2, -0.15) is 0 Å². The van der Waals surface area contributed by atoms with E-state index in [1.807, 2.05) is 0 Å². The third kappa shape index (κ3) is 4.78. The van der Waals surface area contributed by atoms with Crippen LogP contribution in [0.2, 0.25) is 0 Å². The van der Waals surface area contributed by atoms with Crippen LogP contribution in [0.25, 0.3) is 0 Å². The Morgan fingerprint density at radius 1 is 1.48 bits per heavy atom. The molecule has 116 valence electrons. The van der Waals surface area contributed by atoms with Gasteiger partial charge in [-0.05, 0) is 11.8 Å². The maximum Gasteiger partial charge on any atom is 0.573 e. The number of halogens is 3. The Balaban J connectivity index is 3.35. The number of esters is 1. The number of aromatic amines is 1. The number of carbonyl (C=O) groups is 1. The van der Waals surface area contributed by atoms with Crippen molar-refractivity contribution in [1.82, 2.24) is 4.98 Å². The first-order chi connectivity index (χ1) is 9.64. The highest BCUT2D eigenvalue weighted by Crippen LogP contribution is 2.33. The van der Waals surface area contributed by atoms with Crippen molar-refractivity contribution in [2.75, 3.05) is 6.61 Å². The monoisotopic (exact) mass is 310 g/mol. The van der Waals surface area contributed by atoms with Gasteiger partial charge in [-0.15, -0.1) is 13.2 Å². The smallest absolute Gasteiger partial charge is 0.466 e. The zero-order valence-corrected chi connectivity index (χ0v) is 10.5. The summed E-state index contributed by atoms with van der Waals surface area (Å²) in [5.74, 6) is -3.50. The number of hydrogen-bond donors (Lipinski definition) is 1. The lowest BCUT2D eigenvalue weighted by Crippen LogP contribution is -2.22. The van der Waals surface area contributed by atoms with Crippen LogP contribution >= 0.6 is 0 Å². The highest BCUT2D eigenvalue weighted by atomic mass is 19.4. The zero-order chi connectivity index (χ0) is 16.2. The van der Waals surface area contributed by atoms with E-state index in [1.165, 1.54) is 6.92 Å². The van der Waals surface area contributed by atoms with E-state index in [4.69, 9.17) is 0 Å². The molecule has 0 amide bonds. The molecule has 0 unspecified atom stereocenters. The number of ether oxygens (including phenoxy) is 2. The van der Waals surface area contributed by atoms with Gasteiger partial charge >= 0.3 is 23.7 Å². The van der Waals surface area contributed by atoms with Crippen molar-refractivity contribution in [3.8, 4) is 5.75 Å². The summed E-state index contributed by atoms with van der Waals surface area (Å²) < 4.78 is 44.9. The molecule has 0 aliphatic rings. The first kappa shape index (κ1) is 16.5. The quantitative estimate of drug-likeness (QED) is 0.498. The summed E-state index contributed by atoms with van der Waals surface area (Å²) in [6, 6.07) is 0.602. The number of carbonyl (C=O) groups excluding carboxylic acids is 1. The van der Waals surface area contributed by atoms with Gasteiger partial charge in [0.25, 0.3) is 0 Å². The van der Waals surface area contributed by atoms with Crippen LogP contribution < -0.4 is 10.3 Å². The van der Waals surface area contributed by atoms with Gasteiger partial charge in [-0.25, -0.2) is 9.78 Å². The lowest BCUT2D eigenvalue weighted by Gasteiger charge is -2.12. The lowest BCUT2D eigenvalue weighted by atomic mass is 10.1. The van der Waals surface area contributed by atoms with Crippen LogP contribution in [0.1, 0.15) is 12.5 Å². The van der Waals surface area contributed by atoms with Crippen molar-refractivity contribution >= 4 is 11.8 Å². The van der Waals surface area contributed by atoms with E-state index in [-0.39, 0.29) is 6.61 Å². The highest BCUT2D eigenvalue weighted by Gasteiger charge is 2.36. The number of rotatable bonds is 5. The topological polar surface area (TPSA) is 112 Å². The van der Waals surface area contributed by atoms with E-state index in [2.05, 4.69) is 9.47 Å². The molecule has 0 fully saturated rings. The molecule has 1 rings (SSSR count). The van der Waals surface area contributed by atoms with Crippen molar-refractivity contribution in [3.05, 3.63) is 32.1 Å². The maximum atomic E-state index is 12.3. The summed E-state index contributed by atoms with van der Waals surface area (Å²) in [6.07, 6.45) is -6.00. The summed E-state index contributed by atoms with van der Waals surface area (Å²) in [6.45, 7) is 1.42. The molecule has 21 heavy (non-hydrogen) atoms. The molecule has 11 heteroatoms. The molecule has 1 aromatic heterocycles. The standard InChI is InChI=1S/C10H9F3N2O6/c1-2-20-7(17)4-5-3-6(16)14-9(15(18)19)8(5)21-10(11,12)13/h3H,2,4H2,1H3,(H,14,16). The molecule has 0 spiro atoms. The van der Waals surface area contributed by atoms with E-state index in [0.717, 1.165) is 0 Å². The number of hydrogen-bond acceptors (Lipinski definition) is 6. The van der Waals surface area contributed by atoms with E-state index in [1.54, 1.807) is 4.98 Å². The first-order valence-electron chi connectivity index (χ1n) is 5.46. The van der Waals surface area contributed by atoms with Crippen molar-refractivity contribution in [3.63, 3.8) is 0 Å². The van der Waals surface area contributed by atoms with Crippen LogP contribution in [-0.4, -0.2) is 28.8 Å². The van der Waals surface area contributed by atoms with E-state index in [0.29, 0.717) is 6.07 Å². The average Bonchev–Trinajstić information content (AvgIpc) is 2.30. The number of nitrogens with zero attached hydrogens (tertiary/aromatic N) is 1. The van der Waals surface area contributed by atoms with E-state index in [9.17, 15) is 32.9 Å². The summed E-state index contributed by atoms with van der Waals surface area (Å²) in [5, 5.41) is 10.7. The van der Waals surface area contributed by atoms with Gasteiger partial charge in [-0.3, -0.25) is 4.79 Å². The Bertz CT molecular complexity index is 610. The van der Waals surface area contributed by atoms with Crippen LogP contribution in [0.4, 0.5) is 19.0 Å². The Morgan fingerprint density at radius 2 is 2.10 bits per heavy atom. The molecule has 0 aromatic carbocycles. The summed E-state index contributed by atoms with van der Waals surface area (Å²) in [5.41, 5.74) is -1.64. The molecule has 0 saturated carbocycles. The number of alkyl halides is 3. The second-order valence-electron chi connectivity index (χ2n) is 3.62. The van der Waals surface area contributed by atoms with Crippen molar-refractivity contribution in [2.45, 2.75) is 19.7 Å². The summed E-state index contributed by atoms with van der Waals surface area (Å²) in [4.78, 5) is 33.6. The molecule has 1 aromatic rings. The fraction of sp³-hybridized carbons (Fsp3) is 0.400. The number of nitro groups is 1. The minimum Gasteiger partial charge on any atom is -0.466 e. The Kier molecular flexibility index (Phi) is 4.89. The van der Waals surface area contributed by atoms with Crippen LogP contribution in [0, 0.1) is 10.1 Å². The van der Waals surface area contributed by atoms with Gasteiger partial charge < -0.3 is 19.6 Å². The Labute approximate surface area is 114 Å². The van der Waals surface area contributed by atoms with Gasteiger partial charge in [0.1, 0.15) is 0 Å². The molecule has 0 aliphatic heterocycles. The molecule has 0 atom stereocenters. The van der Waals surface area contributed by atoms with Crippen molar-refractivity contribution in [1.29, 1.82) is 0 Å². The van der Waals surface area contributed by atoms with Crippen molar-refractivity contribution < 1.29 is 32.4 Å². The second-order valence-corrected chi connectivity index (χ2v) is 3.62. The molecule has 8 nitrogen and oxygen atoms in total. The fourth-order valence-electron chi connectivity index (χ4n) is 1.44. The minimum atomic E-state index is -5.23. The predicted molar refractivity (Wildman–Crippen MR) is 60.7 cm³/mol. The molecule has 0 bridgehead atoms. The Hall–Kier alpha value is -2.59. The molecule has 0 radical (unpaired) electrons. The summed E-state index contributed by atoms with van der Waals surface area (Å²) in [7, 11) is 0. The third-order valence-corrected chi connectivity index (χ3v) is 2.09. The fourth-order valence-corrected chi connectivity index (χ4v) is 1.44. The molecule has 0 aliphatic carbocycles. The van der Waals surface area contributed by atoms with Gasteiger partial charge in [0.2, 0.25) is 5.75 Å². The van der Waals surface area contributed by atoms with Gasteiger partial charge in [0, 0.05) is 11.6 Å². The van der Waals surface area contributed by atoms with Gasteiger partial charge in [0.15, 0.2) is 0 Å². The Morgan fingerprint density at radius 3 is 2.57 bits per heavy atom. The molecule has 0 saturated heterocycles. The molecular formula is C10H9F3N2O6. The van der Waals surface area contributed by atoms with Gasteiger partial charge in [0.05, 0.1) is 13.0 Å². The summed E-state index contributed by atoms with van der Waals surface area (Å²) >= 11 is 0. The average molecular weight is 310 g/mol. The van der Waals surface area contributed by atoms with Crippen LogP contribution in [-0.2, 0) is 16.0 Å². The first-order valence-corrected chi connectivity index (χ1v) is 5.46. The second kappa shape index (κ2) is 6.24. The van der Waals surface area contributed by atoms with Gasteiger partial charge in [-0.1, -0.05) is 0 Å². The number of pyridine rings is 1. The number of aromatic nitrogens is 1. The van der Waals surface area contributed by atoms with E-state index >= 15 is 0 Å². The largest absolute Gasteiger partial charge is 0.573 e. The normalized spacial score (nSPS) is 11.0. The van der Waals surface area contributed by atoms with Crippen LogP contribution in [0.15, 0.2) is 10.9 Å². The van der Waals surface area contributed by atoms with Crippen molar-refractivity contribution in [2.24, 2.45) is 0 Å². The van der Waals surface area contributed by atoms with Crippen LogP contribution in [0.3, 0.4) is 0 Å². The maximum absolute atomic E-state index is 12.3. The predicted octanol–water partition coefficient (Wildman–Crippen LogP) is 1.29. The van der Waals surface area contributed by atoms with Crippen LogP contribution in [0.5, 0.6) is 5.75 Å². The van der Waals surface area contributed by atoms with E-state index < -0.39 is 46.4 Å². The zero-order valence-electron chi connectivity index (χ0n) is 10.5. The molecule has 1 N–H and O–H groups in total. The molecule has 1 heterocycles.